The fraction of sp³-hybridized carbons (Fsp3) is 0.600. The quantitative estimate of drug-likeness (QED) is 0.544. The normalized spacial score (nSPS) is 11.4. The van der Waals surface area contributed by atoms with E-state index in [1.54, 1.807) is 0 Å². The topological polar surface area (TPSA) is 107 Å². The summed E-state index contributed by atoms with van der Waals surface area (Å²) < 4.78 is 8.86. The molecule has 0 bridgehead atoms. The fourth-order valence-corrected chi connectivity index (χ4v) is 1.66. The van der Waals surface area contributed by atoms with Crippen molar-refractivity contribution >= 4 is 34.8 Å². The second-order valence-electron chi connectivity index (χ2n) is 3.40. The molecule has 102 valence electrons. The van der Waals surface area contributed by atoms with Crippen LogP contribution in [0.1, 0.15) is 20.3 Å². The molecule has 0 aromatic carbocycles. The summed E-state index contributed by atoms with van der Waals surface area (Å²) in [6.07, 6.45) is -0.139. The average Bonchev–Trinajstić information content (AvgIpc) is 2.22. The molecule has 0 aliphatic heterocycles. The number of carboxylic acid groups (broad SMARTS) is 1. The highest BCUT2D eigenvalue weighted by Crippen LogP contribution is 2.15. The zero-order valence-electron chi connectivity index (χ0n) is 10.0. The molecule has 0 heterocycles. The molecule has 0 aromatic rings. The Morgan fingerprint density at radius 3 is 2.22 bits per heavy atom. The summed E-state index contributed by atoms with van der Waals surface area (Å²) in [6.45, 7) is 1.93. The van der Waals surface area contributed by atoms with Crippen molar-refractivity contribution in [3.05, 3.63) is 0 Å². The van der Waals surface area contributed by atoms with E-state index in [2.05, 4.69) is 9.47 Å². The number of ether oxygens (including phenoxy) is 2. The summed E-state index contributed by atoms with van der Waals surface area (Å²) in [5, 5.41) is 8.04. The van der Waals surface area contributed by atoms with Crippen LogP contribution in [0.2, 0.25) is 0 Å². The Balaban J connectivity index is 3.96. The lowest BCUT2D eigenvalue weighted by Crippen LogP contribution is -2.20. The van der Waals surface area contributed by atoms with Crippen LogP contribution in [0.3, 0.4) is 0 Å². The average molecular weight is 278 g/mol. The molecule has 0 rings (SSSR count). The summed E-state index contributed by atoms with van der Waals surface area (Å²) >= 11 is 0.621. The Morgan fingerprint density at radius 1 is 1.17 bits per heavy atom. The molecule has 8 heteroatoms. The molecule has 0 saturated carbocycles. The maximum Gasteiger partial charge on any atom is 0.370 e. The molecular formula is C10H14O7S. The van der Waals surface area contributed by atoms with Crippen molar-refractivity contribution < 1.29 is 33.8 Å². The predicted molar refractivity (Wildman–Crippen MR) is 62.0 cm³/mol. The zero-order chi connectivity index (χ0) is 14.1. The van der Waals surface area contributed by atoms with Gasteiger partial charge in [-0.3, -0.25) is 9.59 Å². The third kappa shape index (κ3) is 8.57. The van der Waals surface area contributed by atoms with Crippen molar-refractivity contribution in [1.29, 1.82) is 0 Å². The maximum atomic E-state index is 11.1. The number of esters is 1. The molecule has 0 aromatic heterocycles. The van der Waals surface area contributed by atoms with E-state index in [9.17, 15) is 19.2 Å². The van der Waals surface area contributed by atoms with E-state index in [-0.39, 0.29) is 18.0 Å². The second-order valence-corrected chi connectivity index (χ2v) is 4.36. The van der Waals surface area contributed by atoms with Crippen molar-refractivity contribution in [3.8, 4) is 0 Å². The summed E-state index contributed by atoms with van der Waals surface area (Å²) in [5.74, 6) is -3.02. The minimum absolute atomic E-state index is 0.0756. The molecular weight excluding hydrogens is 264 g/mol. The second kappa shape index (κ2) is 8.51. The van der Waals surface area contributed by atoms with E-state index in [0.717, 1.165) is 6.92 Å². The van der Waals surface area contributed by atoms with E-state index in [1.165, 1.54) is 6.92 Å². The van der Waals surface area contributed by atoms with E-state index in [0.29, 0.717) is 11.8 Å². The van der Waals surface area contributed by atoms with E-state index >= 15 is 0 Å². The van der Waals surface area contributed by atoms with E-state index < -0.39 is 30.0 Å². The molecule has 0 unspecified atom stereocenters. The summed E-state index contributed by atoms with van der Waals surface area (Å²) in [5.41, 5.74) is 0. The highest BCUT2D eigenvalue weighted by Gasteiger charge is 2.21. The molecule has 0 aliphatic rings. The first-order valence-electron chi connectivity index (χ1n) is 4.98. The first-order valence-corrected chi connectivity index (χ1v) is 5.96. The van der Waals surface area contributed by atoms with Gasteiger partial charge < -0.3 is 19.4 Å². The Hall–Kier alpha value is -1.57. The third-order valence-corrected chi connectivity index (χ3v) is 2.65. The number of ketones is 1. The molecule has 0 aliphatic carbocycles. The van der Waals surface area contributed by atoms with Gasteiger partial charge in [-0.2, -0.15) is 0 Å². The van der Waals surface area contributed by atoms with Crippen molar-refractivity contribution in [2.24, 2.45) is 5.92 Å². The summed E-state index contributed by atoms with van der Waals surface area (Å²) in [7, 11) is 0. The largest absolute Gasteiger partial charge is 0.481 e. The number of thioether (sulfide) groups is 1. The van der Waals surface area contributed by atoms with Gasteiger partial charge in [0.1, 0.15) is 5.78 Å². The van der Waals surface area contributed by atoms with Crippen molar-refractivity contribution in [3.63, 3.8) is 0 Å². The maximum absolute atomic E-state index is 11.1. The number of Topliss-reactive ketones (excluding diaryl/α,β-unsaturated/α-hetero) is 1. The Kier molecular flexibility index (Phi) is 7.77. The fourth-order valence-electron chi connectivity index (χ4n) is 0.935. The van der Waals surface area contributed by atoms with Crippen molar-refractivity contribution in [1.82, 2.24) is 0 Å². The molecule has 0 radical (unpaired) electrons. The lowest BCUT2D eigenvalue weighted by atomic mass is 10.1. The number of hydrogen-bond acceptors (Lipinski definition) is 7. The van der Waals surface area contributed by atoms with Gasteiger partial charge in [0.25, 0.3) is 0 Å². The molecule has 1 N–H and O–H groups in total. The number of carbonyl (C=O) groups excluding carboxylic acids is 3. The molecule has 18 heavy (non-hydrogen) atoms. The lowest BCUT2D eigenvalue weighted by molar-refractivity contribution is -0.148. The standard InChI is InChI=1S/C10H14O7S/c1-6(11)3-8(9(13)14)4-18-10(15)17-5-16-7(2)12/h8H,3-5H2,1-2H3,(H,13,14)/t8-/m0/s1. The summed E-state index contributed by atoms with van der Waals surface area (Å²) in [4.78, 5) is 43.0. The Bertz CT molecular complexity index is 339. The highest BCUT2D eigenvalue weighted by molar-refractivity contribution is 8.13. The Morgan fingerprint density at radius 2 is 1.78 bits per heavy atom. The van der Waals surface area contributed by atoms with Gasteiger partial charge in [0.15, 0.2) is 0 Å². The number of hydrogen-bond donors (Lipinski definition) is 1. The van der Waals surface area contributed by atoms with Gasteiger partial charge in [0.05, 0.1) is 5.92 Å². The van der Waals surface area contributed by atoms with Gasteiger partial charge in [-0.05, 0) is 18.7 Å². The molecule has 1 atom stereocenters. The monoisotopic (exact) mass is 278 g/mol. The van der Waals surface area contributed by atoms with Gasteiger partial charge in [-0.1, -0.05) is 0 Å². The van der Waals surface area contributed by atoms with Gasteiger partial charge in [0, 0.05) is 19.1 Å². The number of carbonyl (C=O) groups is 4. The smallest absolute Gasteiger partial charge is 0.370 e. The van der Waals surface area contributed by atoms with Gasteiger partial charge in [-0.25, -0.2) is 4.79 Å². The third-order valence-electron chi connectivity index (χ3n) is 1.72. The molecule has 0 spiro atoms. The van der Waals surface area contributed by atoms with Crippen LogP contribution in [0, 0.1) is 5.92 Å². The zero-order valence-corrected chi connectivity index (χ0v) is 10.8. The molecule has 0 fully saturated rings. The molecule has 0 amide bonds. The van der Waals surface area contributed by atoms with Crippen LogP contribution in [0.25, 0.3) is 0 Å². The van der Waals surface area contributed by atoms with E-state index in [4.69, 9.17) is 5.11 Å². The van der Waals surface area contributed by atoms with Crippen LogP contribution >= 0.6 is 11.8 Å². The van der Waals surface area contributed by atoms with Crippen LogP contribution < -0.4 is 0 Å². The van der Waals surface area contributed by atoms with Crippen LogP contribution in [-0.4, -0.2) is 40.7 Å². The van der Waals surface area contributed by atoms with Crippen LogP contribution in [0.15, 0.2) is 0 Å². The molecule has 7 nitrogen and oxygen atoms in total. The molecule has 0 saturated heterocycles. The lowest BCUT2D eigenvalue weighted by Gasteiger charge is -2.09. The number of aliphatic carboxylic acids is 1. The predicted octanol–water partition coefficient (Wildman–Crippen LogP) is 1.06. The number of rotatable bonds is 7. The summed E-state index contributed by atoms with van der Waals surface area (Å²) in [6, 6.07) is 0. The highest BCUT2D eigenvalue weighted by atomic mass is 32.2. The van der Waals surface area contributed by atoms with Gasteiger partial charge in [-0.15, -0.1) is 0 Å². The minimum atomic E-state index is -1.15. The Labute approximate surface area is 108 Å². The van der Waals surface area contributed by atoms with Gasteiger partial charge in [0.2, 0.25) is 6.79 Å². The minimum Gasteiger partial charge on any atom is -0.481 e. The first-order chi connectivity index (χ1) is 8.32. The van der Waals surface area contributed by atoms with Crippen LogP contribution in [0.5, 0.6) is 0 Å². The van der Waals surface area contributed by atoms with Crippen LogP contribution in [0.4, 0.5) is 4.79 Å². The van der Waals surface area contributed by atoms with E-state index in [1.807, 2.05) is 0 Å². The van der Waals surface area contributed by atoms with Crippen molar-refractivity contribution in [2.45, 2.75) is 20.3 Å². The van der Waals surface area contributed by atoms with Crippen molar-refractivity contribution in [2.75, 3.05) is 12.5 Å². The number of carboxylic acids is 1. The SMILES string of the molecule is CC(=O)C[C@@H](CSC(=O)OCOC(C)=O)C(=O)O. The first kappa shape index (κ1) is 16.4. The van der Waals surface area contributed by atoms with Crippen LogP contribution in [-0.2, 0) is 23.9 Å². The van der Waals surface area contributed by atoms with Gasteiger partial charge >= 0.3 is 17.2 Å².